The maximum Gasteiger partial charge on any atom is 0.240 e. The van der Waals surface area contributed by atoms with Crippen LogP contribution in [-0.4, -0.2) is 60.3 Å². The van der Waals surface area contributed by atoms with Crippen molar-refractivity contribution < 1.29 is 9.59 Å². The number of piperidine rings is 1. The van der Waals surface area contributed by atoms with Crippen LogP contribution in [0.4, 0.5) is 0 Å². The Bertz CT molecular complexity index is 1150. The molecule has 1 N–H and O–H groups in total. The van der Waals surface area contributed by atoms with Crippen LogP contribution in [0.15, 0.2) is 29.4 Å². The van der Waals surface area contributed by atoms with E-state index in [2.05, 4.69) is 22.4 Å². The molecule has 9 heteroatoms. The van der Waals surface area contributed by atoms with Gasteiger partial charge in [-0.2, -0.15) is 0 Å². The summed E-state index contributed by atoms with van der Waals surface area (Å²) in [6.07, 6.45) is 9.08. The van der Waals surface area contributed by atoms with Crippen molar-refractivity contribution >= 4 is 40.4 Å². The number of amides is 2. The molecule has 1 aromatic carbocycles. The molecule has 1 saturated heterocycles. The number of rotatable bonds is 6. The Morgan fingerprint density at radius 3 is 2.58 bits per heavy atom. The van der Waals surface area contributed by atoms with Crippen molar-refractivity contribution in [2.75, 3.05) is 12.3 Å². The third-order valence-electron chi connectivity index (χ3n) is 6.99. The van der Waals surface area contributed by atoms with Gasteiger partial charge in [0.15, 0.2) is 5.16 Å². The number of nitrogens with zero attached hydrogens (tertiary/aromatic N) is 5. The molecule has 1 aliphatic carbocycles. The number of carbonyl (C=O) groups excluding carboxylic acids is 2. The second-order valence-corrected chi connectivity index (χ2v) is 10.3. The lowest BCUT2D eigenvalue weighted by atomic mass is 9.95. The van der Waals surface area contributed by atoms with Gasteiger partial charge in [-0.15, -0.1) is 10.2 Å². The highest BCUT2D eigenvalue weighted by molar-refractivity contribution is 7.99. The molecular weight excluding hydrogens is 436 g/mol. The maximum atomic E-state index is 12.8. The van der Waals surface area contributed by atoms with E-state index in [0.29, 0.717) is 22.7 Å². The van der Waals surface area contributed by atoms with Crippen LogP contribution in [-0.2, 0) is 16.1 Å². The first kappa shape index (κ1) is 22.3. The van der Waals surface area contributed by atoms with Gasteiger partial charge in [-0.1, -0.05) is 43.2 Å². The van der Waals surface area contributed by atoms with Crippen molar-refractivity contribution in [3.63, 3.8) is 0 Å². The average molecular weight is 469 g/mol. The minimum Gasteiger partial charge on any atom is -0.352 e. The van der Waals surface area contributed by atoms with Crippen LogP contribution in [0.5, 0.6) is 0 Å². The van der Waals surface area contributed by atoms with Gasteiger partial charge in [0.2, 0.25) is 17.6 Å². The normalized spacial score (nSPS) is 19.9. The number of aromatic nitrogens is 4. The number of hydrogen-bond donors (Lipinski definition) is 1. The molecule has 2 aromatic heterocycles. The van der Waals surface area contributed by atoms with Gasteiger partial charge in [-0.25, -0.2) is 0 Å². The molecule has 176 valence electrons. The summed E-state index contributed by atoms with van der Waals surface area (Å²) in [7, 11) is 0. The Kier molecular flexibility index (Phi) is 6.57. The topological polar surface area (TPSA) is 84.5 Å². The van der Waals surface area contributed by atoms with E-state index < -0.39 is 0 Å². The fourth-order valence-corrected chi connectivity index (χ4v) is 6.05. The Morgan fingerprint density at radius 1 is 1.03 bits per heavy atom. The molecule has 0 bridgehead atoms. The summed E-state index contributed by atoms with van der Waals surface area (Å²) in [4.78, 5) is 27.7. The summed E-state index contributed by atoms with van der Waals surface area (Å²) >= 11 is 1.42. The molecule has 1 aliphatic heterocycles. The summed E-state index contributed by atoms with van der Waals surface area (Å²) in [6, 6.07) is 8.54. The lowest BCUT2D eigenvalue weighted by Gasteiger charge is -2.33. The van der Waals surface area contributed by atoms with E-state index in [1.165, 1.54) is 37.4 Å². The fraction of sp³-hybridized carbons (Fsp3) is 0.583. The number of nitrogens with one attached hydrogen (secondary N) is 1. The highest BCUT2D eigenvalue weighted by atomic mass is 32.2. The van der Waals surface area contributed by atoms with E-state index in [1.807, 2.05) is 38.1 Å². The van der Waals surface area contributed by atoms with Gasteiger partial charge in [-0.3, -0.25) is 18.6 Å². The third kappa shape index (κ3) is 4.60. The number of likely N-dealkylation sites (tertiary alicyclic amines) is 1. The predicted molar refractivity (Wildman–Crippen MR) is 129 cm³/mol. The first-order chi connectivity index (χ1) is 16.1. The molecule has 0 spiro atoms. The Hall–Kier alpha value is -2.55. The Labute approximate surface area is 198 Å². The zero-order valence-corrected chi connectivity index (χ0v) is 20.0. The Balaban J connectivity index is 1.36. The van der Waals surface area contributed by atoms with Crippen LogP contribution >= 0.6 is 11.8 Å². The molecule has 33 heavy (non-hydrogen) atoms. The van der Waals surface area contributed by atoms with Gasteiger partial charge < -0.3 is 10.2 Å². The SMILES string of the molecule is C[C@@H]1CCCCN1C(=O)CSc1nnc2n(CC(=O)NC3CCCCC3)c3ccccc3n12. The van der Waals surface area contributed by atoms with E-state index in [1.54, 1.807) is 0 Å². The highest BCUT2D eigenvalue weighted by Gasteiger charge is 2.25. The average Bonchev–Trinajstić information content (AvgIpc) is 3.38. The van der Waals surface area contributed by atoms with Crippen molar-refractivity contribution in [2.45, 2.75) is 82.1 Å². The molecule has 8 nitrogen and oxygen atoms in total. The largest absolute Gasteiger partial charge is 0.352 e. The van der Waals surface area contributed by atoms with Gasteiger partial charge in [0, 0.05) is 18.6 Å². The molecule has 3 aromatic rings. The van der Waals surface area contributed by atoms with Crippen molar-refractivity contribution in [1.82, 2.24) is 29.4 Å². The molecule has 3 heterocycles. The minimum absolute atomic E-state index is 0.0108. The number of benzene rings is 1. The van der Waals surface area contributed by atoms with E-state index in [0.717, 1.165) is 43.3 Å². The molecule has 2 aliphatic rings. The molecule has 2 amide bonds. The first-order valence-corrected chi connectivity index (χ1v) is 13.1. The zero-order valence-electron chi connectivity index (χ0n) is 19.2. The summed E-state index contributed by atoms with van der Waals surface area (Å²) in [5.41, 5.74) is 1.89. The number of fused-ring (bicyclic) bond motifs is 3. The van der Waals surface area contributed by atoms with Gasteiger partial charge in [0.25, 0.3) is 0 Å². The predicted octanol–water partition coefficient (Wildman–Crippen LogP) is 3.63. The van der Waals surface area contributed by atoms with Gasteiger partial charge in [0.1, 0.15) is 6.54 Å². The number of thioether (sulfide) groups is 1. The summed E-state index contributed by atoms with van der Waals surface area (Å²) in [5.74, 6) is 1.14. The van der Waals surface area contributed by atoms with E-state index in [9.17, 15) is 9.59 Å². The second-order valence-electron chi connectivity index (χ2n) is 9.32. The number of carbonyl (C=O) groups is 2. The highest BCUT2D eigenvalue weighted by Crippen LogP contribution is 2.27. The standard InChI is InChI=1S/C24H32N6O2S/c1-17-9-7-8-14-28(17)22(32)16-33-24-27-26-23-29(19-12-5-6-13-20(19)30(23)24)15-21(31)25-18-10-3-2-4-11-18/h5-6,12-13,17-18H,2-4,7-11,14-16H2,1H3,(H,25,31)/t17-/m1/s1. The van der Waals surface area contributed by atoms with Crippen LogP contribution in [0.1, 0.15) is 58.3 Å². The van der Waals surface area contributed by atoms with Gasteiger partial charge in [0.05, 0.1) is 16.8 Å². The third-order valence-corrected chi connectivity index (χ3v) is 7.90. The number of imidazole rings is 1. The molecule has 5 rings (SSSR count). The van der Waals surface area contributed by atoms with Gasteiger partial charge in [-0.05, 0) is 51.2 Å². The fourth-order valence-electron chi connectivity index (χ4n) is 5.23. The van der Waals surface area contributed by atoms with Crippen LogP contribution in [0.2, 0.25) is 0 Å². The lowest BCUT2D eigenvalue weighted by Crippen LogP contribution is -2.42. The van der Waals surface area contributed by atoms with Crippen LogP contribution in [0.25, 0.3) is 16.8 Å². The number of hydrogen-bond acceptors (Lipinski definition) is 5. The van der Waals surface area contributed by atoms with Crippen LogP contribution in [0, 0.1) is 0 Å². The molecule has 2 fully saturated rings. The quantitative estimate of drug-likeness (QED) is 0.559. The van der Waals surface area contributed by atoms with E-state index in [-0.39, 0.29) is 24.4 Å². The van der Waals surface area contributed by atoms with Crippen LogP contribution in [0.3, 0.4) is 0 Å². The summed E-state index contributed by atoms with van der Waals surface area (Å²) in [6.45, 7) is 3.18. The van der Waals surface area contributed by atoms with E-state index >= 15 is 0 Å². The second kappa shape index (κ2) is 9.75. The maximum absolute atomic E-state index is 12.8. The van der Waals surface area contributed by atoms with E-state index in [4.69, 9.17) is 0 Å². The molecule has 1 atom stereocenters. The lowest BCUT2D eigenvalue weighted by molar-refractivity contribution is -0.131. The molecule has 0 unspecified atom stereocenters. The van der Waals surface area contributed by atoms with Crippen molar-refractivity contribution in [2.24, 2.45) is 0 Å². The number of para-hydroxylation sites is 2. The van der Waals surface area contributed by atoms with Crippen molar-refractivity contribution in [3.8, 4) is 0 Å². The first-order valence-electron chi connectivity index (χ1n) is 12.2. The smallest absolute Gasteiger partial charge is 0.240 e. The summed E-state index contributed by atoms with van der Waals surface area (Å²) in [5, 5.41) is 12.7. The van der Waals surface area contributed by atoms with Crippen molar-refractivity contribution in [1.29, 1.82) is 0 Å². The monoisotopic (exact) mass is 468 g/mol. The van der Waals surface area contributed by atoms with Crippen LogP contribution < -0.4 is 5.32 Å². The molecule has 0 radical (unpaired) electrons. The Morgan fingerprint density at radius 2 is 1.79 bits per heavy atom. The van der Waals surface area contributed by atoms with Crippen molar-refractivity contribution in [3.05, 3.63) is 24.3 Å². The summed E-state index contributed by atoms with van der Waals surface area (Å²) < 4.78 is 3.90. The van der Waals surface area contributed by atoms with Gasteiger partial charge >= 0.3 is 0 Å². The zero-order chi connectivity index (χ0) is 22.8. The molecular formula is C24H32N6O2S. The minimum atomic E-state index is 0.0108. The molecule has 1 saturated carbocycles.